The van der Waals surface area contributed by atoms with Gasteiger partial charge in [-0.2, -0.15) is 0 Å². The molecular formula is C18H26Cl2N2O3. The van der Waals surface area contributed by atoms with Crippen molar-refractivity contribution < 1.29 is 14.3 Å². The maximum Gasteiger partial charge on any atom is 0.257 e. The van der Waals surface area contributed by atoms with Gasteiger partial charge in [-0.1, -0.05) is 11.6 Å². The lowest BCUT2D eigenvalue weighted by Crippen LogP contribution is -2.43. The molecular weight excluding hydrogens is 363 g/mol. The molecule has 1 unspecified atom stereocenters. The fourth-order valence-corrected chi connectivity index (χ4v) is 4.30. The Morgan fingerprint density at radius 1 is 1.36 bits per heavy atom. The quantitative estimate of drug-likeness (QED) is 0.861. The third-order valence-corrected chi connectivity index (χ3v) is 5.69. The lowest BCUT2D eigenvalue weighted by molar-refractivity contribution is 0.0701. The molecule has 1 aromatic carbocycles. The van der Waals surface area contributed by atoms with Crippen LogP contribution >= 0.6 is 24.0 Å². The van der Waals surface area contributed by atoms with Gasteiger partial charge in [-0.05, 0) is 49.5 Å². The van der Waals surface area contributed by atoms with Crippen LogP contribution in [0.2, 0.25) is 5.02 Å². The number of amides is 1. The van der Waals surface area contributed by atoms with E-state index in [1.807, 2.05) is 4.90 Å². The lowest BCUT2D eigenvalue weighted by Gasteiger charge is -2.38. The summed E-state index contributed by atoms with van der Waals surface area (Å²) in [6.07, 6.45) is 2.16. The molecule has 0 saturated carbocycles. The first-order valence-electron chi connectivity index (χ1n) is 8.42. The molecule has 2 aliphatic rings. The standard InChI is InChI=1S/C18H25ClN2O3.ClH/c1-23-11-13-10-21(12-18(13)5-7-20-8-6-18)17(22)15-9-14(19)3-4-16(15)24-2;/h3-4,9,13,20H,5-8,10-12H2,1-2H3;1H. The second-order valence-electron chi connectivity index (χ2n) is 6.79. The summed E-state index contributed by atoms with van der Waals surface area (Å²) >= 11 is 6.09. The number of piperidine rings is 1. The molecule has 2 heterocycles. The fourth-order valence-electron chi connectivity index (χ4n) is 4.13. The van der Waals surface area contributed by atoms with Crippen LogP contribution in [0.5, 0.6) is 5.75 Å². The van der Waals surface area contributed by atoms with Crippen molar-refractivity contribution >= 4 is 29.9 Å². The summed E-state index contributed by atoms with van der Waals surface area (Å²) in [7, 11) is 3.31. The first-order valence-corrected chi connectivity index (χ1v) is 8.80. The van der Waals surface area contributed by atoms with Gasteiger partial charge in [-0.25, -0.2) is 0 Å². The van der Waals surface area contributed by atoms with Crippen molar-refractivity contribution in [1.29, 1.82) is 0 Å². The van der Waals surface area contributed by atoms with Crippen molar-refractivity contribution in [2.75, 3.05) is 47.0 Å². The largest absolute Gasteiger partial charge is 0.496 e. The smallest absolute Gasteiger partial charge is 0.257 e. The predicted octanol–water partition coefficient (Wildman–Crippen LogP) is 2.86. The number of likely N-dealkylation sites (tertiary alicyclic amines) is 1. The predicted molar refractivity (Wildman–Crippen MR) is 101 cm³/mol. The summed E-state index contributed by atoms with van der Waals surface area (Å²) in [5.74, 6) is 0.934. The number of hydrogen-bond donors (Lipinski definition) is 1. The first-order chi connectivity index (χ1) is 11.6. The van der Waals surface area contributed by atoms with Crippen molar-refractivity contribution in [2.24, 2.45) is 11.3 Å². The van der Waals surface area contributed by atoms with Gasteiger partial charge in [0.25, 0.3) is 5.91 Å². The number of nitrogens with one attached hydrogen (secondary N) is 1. The number of benzene rings is 1. The van der Waals surface area contributed by atoms with E-state index in [2.05, 4.69) is 5.32 Å². The number of methoxy groups -OCH3 is 2. The maximum absolute atomic E-state index is 13.1. The first kappa shape index (κ1) is 20.3. The maximum atomic E-state index is 13.1. The molecule has 2 aliphatic heterocycles. The van der Waals surface area contributed by atoms with E-state index in [9.17, 15) is 4.79 Å². The number of halogens is 2. The van der Waals surface area contributed by atoms with Gasteiger partial charge in [0.15, 0.2) is 0 Å². The summed E-state index contributed by atoms with van der Waals surface area (Å²) in [5.41, 5.74) is 0.690. The minimum absolute atomic E-state index is 0. The molecule has 2 saturated heterocycles. The molecule has 3 rings (SSSR count). The van der Waals surface area contributed by atoms with Gasteiger partial charge in [-0.3, -0.25) is 4.79 Å². The zero-order valence-electron chi connectivity index (χ0n) is 14.7. The highest BCUT2D eigenvalue weighted by molar-refractivity contribution is 6.31. The van der Waals surface area contributed by atoms with Crippen LogP contribution in [-0.4, -0.2) is 57.8 Å². The van der Waals surface area contributed by atoms with Crippen molar-refractivity contribution in [3.8, 4) is 5.75 Å². The summed E-state index contributed by atoms with van der Waals surface area (Å²) in [4.78, 5) is 15.0. The number of nitrogens with zero attached hydrogens (tertiary/aromatic N) is 1. The number of rotatable bonds is 4. The minimum Gasteiger partial charge on any atom is -0.496 e. The normalized spacial score (nSPS) is 21.9. The molecule has 0 radical (unpaired) electrons. The van der Waals surface area contributed by atoms with Gasteiger partial charge < -0.3 is 19.7 Å². The minimum atomic E-state index is -0.00846. The molecule has 1 atom stereocenters. The molecule has 140 valence electrons. The van der Waals surface area contributed by atoms with Crippen LogP contribution in [0.25, 0.3) is 0 Å². The molecule has 0 aromatic heterocycles. The van der Waals surface area contributed by atoms with Crippen LogP contribution in [0.3, 0.4) is 0 Å². The third kappa shape index (κ3) is 4.05. The highest BCUT2D eigenvalue weighted by Gasteiger charge is 2.48. The number of carbonyl (C=O) groups is 1. The monoisotopic (exact) mass is 388 g/mol. The average Bonchev–Trinajstić information content (AvgIpc) is 2.93. The van der Waals surface area contributed by atoms with Gasteiger partial charge in [0.1, 0.15) is 5.75 Å². The lowest BCUT2D eigenvalue weighted by atomic mass is 9.71. The Bertz CT molecular complexity index is 606. The van der Waals surface area contributed by atoms with Crippen LogP contribution in [0, 0.1) is 11.3 Å². The molecule has 1 amide bonds. The average molecular weight is 389 g/mol. The number of ether oxygens (including phenoxy) is 2. The van der Waals surface area contributed by atoms with Crippen molar-refractivity contribution in [3.05, 3.63) is 28.8 Å². The number of hydrogen-bond acceptors (Lipinski definition) is 4. The molecule has 2 fully saturated rings. The van der Waals surface area contributed by atoms with Crippen molar-refractivity contribution in [3.63, 3.8) is 0 Å². The van der Waals surface area contributed by atoms with E-state index in [0.29, 0.717) is 28.9 Å². The Hall–Kier alpha value is -1.01. The highest BCUT2D eigenvalue weighted by Crippen LogP contribution is 2.44. The van der Waals surface area contributed by atoms with E-state index < -0.39 is 0 Å². The van der Waals surface area contributed by atoms with E-state index in [1.165, 1.54) is 0 Å². The Morgan fingerprint density at radius 2 is 2.08 bits per heavy atom. The van der Waals surface area contributed by atoms with Gasteiger partial charge in [0.2, 0.25) is 0 Å². The van der Waals surface area contributed by atoms with Crippen LogP contribution in [0.4, 0.5) is 0 Å². The van der Waals surface area contributed by atoms with Crippen molar-refractivity contribution in [1.82, 2.24) is 10.2 Å². The summed E-state index contributed by atoms with van der Waals surface area (Å²) < 4.78 is 10.8. The van der Waals surface area contributed by atoms with Crippen LogP contribution in [-0.2, 0) is 4.74 Å². The fraction of sp³-hybridized carbons (Fsp3) is 0.611. The molecule has 1 aromatic rings. The van der Waals surface area contributed by atoms with Gasteiger partial charge in [-0.15, -0.1) is 12.4 Å². The van der Waals surface area contributed by atoms with E-state index in [1.54, 1.807) is 32.4 Å². The molecule has 7 heteroatoms. The van der Waals surface area contributed by atoms with E-state index in [0.717, 1.165) is 39.0 Å². The molecule has 5 nitrogen and oxygen atoms in total. The highest BCUT2D eigenvalue weighted by atomic mass is 35.5. The Balaban J connectivity index is 0.00000225. The molecule has 1 N–H and O–H groups in total. The zero-order valence-corrected chi connectivity index (χ0v) is 16.3. The van der Waals surface area contributed by atoms with Gasteiger partial charge >= 0.3 is 0 Å². The second kappa shape index (κ2) is 8.58. The third-order valence-electron chi connectivity index (χ3n) is 5.46. The zero-order chi connectivity index (χ0) is 17.2. The Morgan fingerprint density at radius 3 is 2.72 bits per heavy atom. The van der Waals surface area contributed by atoms with E-state index >= 15 is 0 Å². The van der Waals surface area contributed by atoms with Crippen LogP contribution in [0.15, 0.2) is 18.2 Å². The Labute approximate surface area is 160 Å². The number of carbonyl (C=O) groups excluding carboxylic acids is 1. The molecule has 0 aliphatic carbocycles. The van der Waals surface area contributed by atoms with Gasteiger partial charge in [0, 0.05) is 31.1 Å². The van der Waals surface area contributed by atoms with Crippen LogP contribution < -0.4 is 10.1 Å². The molecule has 1 spiro atoms. The van der Waals surface area contributed by atoms with Crippen molar-refractivity contribution in [2.45, 2.75) is 12.8 Å². The summed E-state index contributed by atoms with van der Waals surface area (Å²) in [6.45, 7) is 4.20. The van der Waals surface area contributed by atoms with E-state index in [4.69, 9.17) is 21.1 Å². The SMILES string of the molecule is COCC1CN(C(=O)c2cc(Cl)ccc2OC)CC12CCNCC2.Cl. The van der Waals surface area contributed by atoms with E-state index in [-0.39, 0.29) is 23.7 Å². The van der Waals surface area contributed by atoms with Gasteiger partial charge in [0.05, 0.1) is 19.3 Å². The summed E-state index contributed by atoms with van der Waals surface area (Å²) in [5, 5.41) is 3.96. The Kier molecular flexibility index (Phi) is 6.97. The van der Waals surface area contributed by atoms with Crippen LogP contribution in [0.1, 0.15) is 23.2 Å². The molecule has 25 heavy (non-hydrogen) atoms. The second-order valence-corrected chi connectivity index (χ2v) is 7.23. The topological polar surface area (TPSA) is 50.8 Å². The molecule has 0 bridgehead atoms. The summed E-state index contributed by atoms with van der Waals surface area (Å²) in [6, 6.07) is 5.18.